The lowest BCUT2D eigenvalue weighted by atomic mass is 9.97. The molecule has 1 aliphatic carbocycles. The molecule has 1 aliphatic heterocycles. The minimum absolute atomic E-state index is 0.128. The van der Waals surface area contributed by atoms with Crippen LogP contribution in [0, 0.1) is 16.7 Å². The Balaban J connectivity index is 1.59. The number of nitrogens with one attached hydrogen (secondary N) is 1. The number of benzene rings is 2. The molecule has 2 amide bonds. The van der Waals surface area contributed by atoms with E-state index in [1.165, 1.54) is 0 Å². The summed E-state index contributed by atoms with van der Waals surface area (Å²) in [5, 5.41) is 12.0. The smallest absolute Gasteiger partial charge is 0.242 e. The Morgan fingerprint density at radius 1 is 1.08 bits per heavy atom. The number of para-hydroxylation sites is 2. The largest absolute Gasteiger partial charge is 0.324 e. The Labute approximate surface area is 152 Å². The molecule has 1 N–H and O–H groups in total. The first kappa shape index (κ1) is 16.3. The van der Waals surface area contributed by atoms with E-state index in [4.69, 9.17) is 0 Å². The van der Waals surface area contributed by atoms with Crippen molar-refractivity contribution >= 4 is 23.2 Å². The van der Waals surface area contributed by atoms with Crippen molar-refractivity contribution in [2.45, 2.75) is 25.7 Å². The van der Waals surface area contributed by atoms with Gasteiger partial charge in [0.15, 0.2) is 0 Å². The van der Waals surface area contributed by atoms with Gasteiger partial charge in [-0.3, -0.25) is 9.59 Å². The maximum absolute atomic E-state index is 13.2. The molecule has 2 aromatic rings. The summed E-state index contributed by atoms with van der Waals surface area (Å²) in [7, 11) is 0. The molecule has 130 valence electrons. The summed E-state index contributed by atoms with van der Waals surface area (Å²) >= 11 is 0. The number of hydrogen-bond donors (Lipinski definition) is 1. The van der Waals surface area contributed by atoms with Gasteiger partial charge in [-0.05, 0) is 49.4 Å². The molecule has 2 aromatic carbocycles. The van der Waals surface area contributed by atoms with E-state index < -0.39 is 5.41 Å². The summed E-state index contributed by atoms with van der Waals surface area (Å²) in [4.78, 5) is 27.9. The molecule has 1 fully saturated rings. The van der Waals surface area contributed by atoms with E-state index >= 15 is 0 Å². The maximum atomic E-state index is 13.2. The zero-order chi connectivity index (χ0) is 18.1. The number of carbonyl (C=O) groups excluding carboxylic acids is 2. The Morgan fingerprint density at radius 2 is 1.81 bits per heavy atom. The molecule has 0 spiro atoms. The predicted octanol–water partition coefficient (Wildman–Crippen LogP) is 3.26. The first-order valence-electron chi connectivity index (χ1n) is 8.86. The van der Waals surface area contributed by atoms with Gasteiger partial charge in [-0.15, -0.1) is 0 Å². The van der Waals surface area contributed by atoms with E-state index in [0.717, 1.165) is 24.1 Å². The van der Waals surface area contributed by atoms with Gasteiger partial charge in [0, 0.05) is 12.2 Å². The third-order valence-corrected chi connectivity index (χ3v) is 5.25. The van der Waals surface area contributed by atoms with Crippen LogP contribution in [0.1, 0.15) is 30.4 Å². The first-order valence-corrected chi connectivity index (χ1v) is 8.86. The third kappa shape index (κ3) is 2.64. The van der Waals surface area contributed by atoms with Crippen LogP contribution in [0.3, 0.4) is 0 Å². The highest BCUT2D eigenvalue weighted by molar-refractivity contribution is 6.18. The summed E-state index contributed by atoms with van der Waals surface area (Å²) in [5.74, 6) is -0.440. The van der Waals surface area contributed by atoms with Gasteiger partial charge in [-0.25, -0.2) is 0 Å². The van der Waals surface area contributed by atoms with Crippen molar-refractivity contribution < 1.29 is 9.59 Å². The van der Waals surface area contributed by atoms with E-state index in [1.807, 2.05) is 24.3 Å². The van der Waals surface area contributed by atoms with Gasteiger partial charge < -0.3 is 10.2 Å². The molecular weight excluding hydrogens is 326 g/mol. The van der Waals surface area contributed by atoms with Crippen molar-refractivity contribution in [1.29, 1.82) is 5.26 Å². The highest BCUT2D eigenvalue weighted by Crippen LogP contribution is 2.49. The van der Waals surface area contributed by atoms with Crippen LogP contribution in [-0.2, 0) is 16.0 Å². The van der Waals surface area contributed by atoms with Gasteiger partial charge >= 0.3 is 0 Å². The van der Waals surface area contributed by atoms with Gasteiger partial charge in [0.05, 0.1) is 11.3 Å². The highest BCUT2D eigenvalue weighted by Gasteiger charge is 2.58. The average molecular weight is 345 g/mol. The second kappa shape index (κ2) is 6.30. The van der Waals surface area contributed by atoms with Crippen molar-refractivity contribution in [1.82, 2.24) is 0 Å². The Morgan fingerprint density at radius 3 is 2.58 bits per heavy atom. The Bertz CT molecular complexity index is 925. The molecule has 26 heavy (non-hydrogen) atoms. The Kier molecular flexibility index (Phi) is 3.96. The van der Waals surface area contributed by atoms with Gasteiger partial charge in [0.1, 0.15) is 11.5 Å². The average Bonchev–Trinajstić information content (AvgIpc) is 3.49. The summed E-state index contributed by atoms with van der Waals surface area (Å²) in [5.41, 5.74) is 1.91. The fourth-order valence-electron chi connectivity index (χ4n) is 3.60. The van der Waals surface area contributed by atoms with Crippen molar-refractivity contribution in [2.75, 3.05) is 16.8 Å². The van der Waals surface area contributed by atoms with Crippen LogP contribution in [0.4, 0.5) is 11.4 Å². The van der Waals surface area contributed by atoms with Crippen molar-refractivity contribution in [2.24, 2.45) is 5.41 Å². The molecule has 2 aliphatic rings. The number of aryl methyl sites for hydroxylation is 1. The predicted molar refractivity (Wildman–Crippen MR) is 98.6 cm³/mol. The summed E-state index contributed by atoms with van der Waals surface area (Å²) in [6, 6.07) is 16.8. The van der Waals surface area contributed by atoms with Crippen LogP contribution in [0.2, 0.25) is 0 Å². The fraction of sp³-hybridized carbons (Fsp3) is 0.286. The van der Waals surface area contributed by atoms with Crippen LogP contribution >= 0.6 is 0 Å². The van der Waals surface area contributed by atoms with E-state index in [1.54, 1.807) is 29.2 Å². The lowest BCUT2D eigenvalue weighted by Crippen LogP contribution is -2.45. The number of hydrogen-bond acceptors (Lipinski definition) is 3. The van der Waals surface area contributed by atoms with Crippen molar-refractivity contribution in [3.05, 3.63) is 59.7 Å². The van der Waals surface area contributed by atoms with Crippen LogP contribution in [0.25, 0.3) is 0 Å². The number of nitrogens with zero attached hydrogens (tertiary/aromatic N) is 2. The standard InChI is InChI=1S/C21H19N3O2/c22-14-16-7-1-3-9-17(16)23-19(25)21(11-12-21)20(26)24-13-5-8-15-6-2-4-10-18(15)24/h1-4,6-7,9-10H,5,8,11-13H2,(H,23,25). The molecule has 0 atom stereocenters. The fourth-order valence-corrected chi connectivity index (χ4v) is 3.60. The Hall–Kier alpha value is -3.13. The number of nitriles is 1. The summed E-state index contributed by atoms with van der Waals surface area (Å²) in [6.45, 7) is 0.639. The number of carbonyl (C=O) groups is 2. The molecule has 5 heteroatoms. The van der Waals surface area contributed by atoms with Gasteiger partial charge in [-0.2, -0.15) is 5.26 Å². The van der Waals surface area contributed by atoms with Gasteiger partial charge in [0.25, 0.3) is 0 Å². The van der Waals surface area contributed by atoms with E-state index in [2.05, 4.69) is 11.4 Å². The van der Waals surface area contributed by atoms with Crippen LogP contribution in [0.5, 0.6) is 0 Å². The highest BCUT2D eigenvalue weighted by atomic mass is 16.2. The monoisotopic (exact) mass is 345 g/mol. The van der Waals surface area contributed by atoms with E-state index in [0.29, 0.717) is 30.6 Å². The SMILES string of the molecule is N#Cc1ccccc1NC(=O)C1(C(=O)N2CCCc3ccccc32)CC1. The summed E-state index contributed by atoms with van der Waals surface area (Å²) in [6.07, 6.45) is 2.95. The number of amides is 2. The van der Waals surface area contributed by atoms with Crippen LogP contribution < -0.4 is 10.2 Å². The van der Waals surface area contributed by atoms with Crippen LogP contribution in [0.15, 0.2) is 48.5 Å². The van der Waals surface area contributed by atoms with Crippen molar-refractivity contribution in [3.8, 4) is 6.07 Å². The second-order valence-corrected chi connectivity index (χ2v) is 6.88. The minimum Gasteiger partial charge on any atom is -0.324 e. The maximum Gasteiger partial charge on any atom is 0.242 e. The molecule has 5 nitrogen and oxygen atoms in total. The zero-order valence-corrected chi connectivity index (χ0v) is 14.4. The molecule has 0 unspecified atom stereocenters. The first-order chi connectivity index (χ1) is 12.7. The summed E-state index contributed by atoms with van der Waals surface area (Å²) < 4.78 is 0. The molecule has 4 rings (SSSR count). The van der Waals surface area contributed by atoms with Crippen LogP contribution in [-0.4, -0.2) is 18.4 Å². The van der Waals surface area contributed by atoms with E-state index in [9.17, 15) is 14.9 Å². The van der Waals surface area contributed by atoms with Gasteiger partial charge in [0.2, 0.25) is 11.8 Å². The molecular formula is C21H19N3O2. The van der Waals surface area contributed by atoms with Gasteiger partial charge in [-0.1, -0.05) is 30.3 Å². The molecule has 1 saturated carbocycles. The number of anilines is 2. The lowest BCUT2D eigenvalue weighted by molar-refractivity contribution is -0.132. The lowest BCUT2D eigenvalue weighted by Gasteiger charge is -2.32. The minimum atomic E-state index is -1.01. The number of rotatable bonds is 3. The van der Waals surface area contributed by atoms with E-state index in [-0.39, 0.29) is 11.8 Å². The van der Waals surface area contributed by atoms with Crippen molar-refractivity contribution in [3.63, 3.8) is 0 Å². The zero-order valence-electron chi connectivity index (χ0n) is 14.4. The topological polar surface area (TPSA) is 73.2 Å². The molecule has 0 aromatic heterocycles. The normalized spacial score (nSPS) is 17.0. The number of fused-ring (bicyclic) bond motifs is 1. The molecule has 1 heterocycles. The molecule has 0 saturated heterocycles. The molecule has 0 radical (unpaired) electrons. The molecule has 0 bridgehead atoms. The third-order valence-electron chi connectivity index (χ3n) is 5.25. The second-order valence-electron chi connectivity index (χ2n) is 6.88. The quantitative estimate of drug-likeness (QED) is 0.868.